The molecule has 1 amide bonds. The molecular weight excluding hydrogens is 254 g/mol. The molecule has 1 fully saturated rings. The van der Waals surface area contributed by atoms with Crippen LogP contribution in [-0.2, 0) is 16.0 Å². The average Bonchev–Trinajstić information content (AvgIpc) is 2.82. The summed E-state index contributed by atoms with van der Waals surface area (Å²) in [5.74, 6) is -1.33. The highest BCUT2D eigenvalue weighted by molar-refractivity contribution is 5.80. The lowest BCUT2D eigenvalue weighted by molar-refractivity contribution is -0.142. The predicted octanol–water partition coefficient (Wildman–Crippen LogP) is 2.22. The Labute approximate surface area is 119 Å². The van der Waals surface area contributed by atoms with Gasteiger partial charge in [-0.15, -0.1) is 0 Å². The smallest absolute Gasteiger partial charge is 0.308 e. The average molecular weight is 275 g/mol. The Morgan fingerprint density at radius 1 is 1.30 bits per heavy atom. The second-order valence-electron chi connectivity index (χ2n) is 5.66. The molecule has 0 unspecified atom stereocenters. The maximum absolute atomic E-state index is 12.1. The van der Waals surface area contributed by atoms with Crippen LogP contribution in [-0.4, -0.2) is 23.0 Å². The van der Waals surface area contributed by atoms with Gasteiger partial charge in [-0.05, 0) is 37.8 Å². The molecule has 0 aromatic heterocycles. The Morgan fingerprint density at radius 2 is 2.05 bits per heavy atom. The van der Waals surface area contributed by atoms with E-state index < -0.39 is 11.9 Å². The number of carbonyl (C=O) groups excluding carboxylic acids is 1. The topological polar surface area (TPSA) is 66.4 Å². The van der Waals surface area contributed by atoms with Crippen LogP contribution in [0.2, 0.25) is 0 Å². The van der Waals surface area contributed by atoms with Gasteiger partial charge in [-0.1, -0.05) is 30.2 Å². The van der Waals surface area contributed by atoms with Crippen molar-refractivity contribution in [2.75, 3.05) is 0 Å². The van der Waals surface area contributed by atoms with E-state index in [1.54, 1.807) is 0 Å². The van der Waals surface area contributed by atoms with Crippen molar-refractivity contribution in [3.05, 3.63) is 34.9 Å². The zero-order valence-corrected chi connectivity index (χ0v) is 12.0. The zero-order chi connectivity index (χ0) is 14.7. The van der Waals surface area contributed by atoms with Crippen molar-refractivity contribution in [1.29, 1.82) is 0 Å². The standard InChI is InChI=1S/C16H21NO3/c1-10-6-7-11(2)12(8-10)9-15(18)17-14-5-3-4-13(14)16(19)20/h6-8,13-14H,3-5,9H2,1-2H3,(H,17,18)(H,19,20)/t13-,14-/m1/s1. The molecule has 0 spiro atoms. The van der Waals surface area contributed by atoms with Gasteiger partial charge in [0.15, 0.2) is 0 Å². The van der Waals surface area contributed by atoms with Crippen molar-refractivity contribution in [3.63, 3.8) is 0 Å². The highest BCUT2D eigenvalue weighted by Crippen LogP contribution is 2.26. The predicted molar refractivity (Wildman–Crippen MR) is 76.5 cm³/mol. The molecule has 0 saturated heterocycles. The van der Waals surface area contributed by atoms with Crippen LogP contribution in [0.5, 0.6) is 0 Å². The van der Waals surface area contributed by atoms with E-state index in [4.69, 9.17) is 5.11 Å². The number of rotatable bonds is 4. The number of carboxylic acids is 1. The SMILES string of the molecule is Cc1ccc(C)c(CC(=O)N[C@@H]2CCC[C@H]2C(=O)O)c1. The molecule has 1 aromatic carbocycles. The second kappa shape index (κ2) is 6.07. The maximum atomic E-state index is 12.1. The Hall–Kier alpha value is -1.84. The van der Waals surface area contributed by atoms with Crippen LogP contribution in [0.4, 0.5) is 0 Å². The van der Waals surface area contributed by atoms with Crippen molar-refractivity contribution < 1.29 is 14.7 Å². The summed E-state index contributed by atoms with van der Waals surface area (Å²) in [4.78, 5) is 23.2. The van der Waals surface area contributed by atoms with E-state index in [1.165, 1.54) is 0 Å². The van der Waals surface area contributed by atoms with Crippen molar-refractivity contribution in [2.45, 2.75) is 45.6 Å². The third-order valence-electron chi connectivity index (χ3n) is 4.04. The van der Waals surface area contributed by atoms with E-state index in [2.05, 4.69) is 5.32 Å². The molecule has 2 atom stereocenters. The molecule has 108 valence electrons. The van der Waals surface area contributed by atoms with E-state index in [-0.39, 0.29) is 11.9 Å². The van der Waals surface area contributed by atoms with Gasteiger partial charge in [0.2, 0.25) is 5.91 Å². The zero-order valence-electron chi connectivity index (χ0n) is 12.0. The second-order valence-corrected chi connectivity index (χ2v) is 5.66. The Kier molecular flexibility index (Phi) is 4.42. The summed E-state index contributed by atoms with van der Waals surface area (Å²) in [6.45, 7) is 3.98. The summed E-state index contributed by atoms with van der Waals surface area (Å²) < 4.78 is 0. The van der Waals surface area contributed by atoms with Crippen LogP contribution in [0.1, 0.15) is 36.0 Å². The molecule has 0 aliphatic heterocycles. The van der Waals surface area contributed by atoms with Crippen LogP contribution in [0.15, 0.2) is 18.2 Å². The summed E-state index contributed by atoms with van der Waals surface area (Å²) in [6, 6.07) is 5.82. The van der Waals surface area contributed by atoms with E-state index >= 15 is 0 Å². The third-order valence-corrected chi connectivity index (χ3v) is 4.04. The monoisotopic (exact) mass is 275 g/mol. The lowest BCUT2D eigenvalue weighted by Crippen LogP contribution is -2.40. The van der Waals surface area contributed by atoms with Crippen molar-refractivity contribution in [3.8, 4) is 0 Å². The number of hydrogen-bond donors (Lipinski definition) is 2. The highest BCUT2D eigenvalue weighted by Gasteiger charge is 2.33. The van der Waals surface area contributed by atoms with E-state index in [0.29, 0.717) is 12.8 Å². The summed E-state index contributed by atoms with van der Waals surface area (Å²) in [7, 11) is 0. The van der Waals surface area contributed by atoms with Gasteiger partial charge in [0, 0.05) is 6.04 Å². The van der Waals surface area contributed by atoms with Crippen molar-refractivity contribution >= 4 is 11.9 Å². The van der Waals surface area contributed by atoms with Crippen LogP contribution >= 0.6 is 0 Å². The number of benzene rings is 1. The molecular formula is C16H21NO3. The van der Waals surface area contributed by atoms with Crippen LogP contribution in [0.3, 0.4) is 0 Å². The molecule has 1 aliphatic rings. The molecule has 0 heterocycles. The van der Waals surface area contributed by atoms with Crippen LogP contribution < -0.4 is 5.32 Å². The minimum absolute atomic E-state index is 0.0862. The van der Waals surface area contributed by atoms with Gasteiger partial charge >= 0.3 is 5.97 Å². The van der Waals surface area contributed by atoms with E-state index in [9.17, 15) is 9.59 Å². The summed E-state index contributed by atoms with van der Waals surface area (Å²) in [5.41, 5.74) is 3.22. The molecule has 0 bridgehead atoms. The summed E-state index contributed by atoms with van der Waals surface area (Å²) in [5, 5.41) is 12.0. The number of amides is 1. The first kappa shape index (κ1) is 14.6. The first-order chi connectivity index (χ1) is 9.47. The van der Waals surface area contributed by atoms with Gasteiger partial charge < -0.3 is 10.4 Å². The number of carbonyl (C=O) groups is 2. The number of aliphatic carboxylic acids is 1. The largest absolute Gasteiger partial charge is 0.481 e. The lowest BCUT2D eigenvalue weighted by Gasteiger charge is -2.18. The highest BCUT2D eigenvalue weighted by atomic mass is 16.4. The van der Waals surface area contributed by atoms with E-state index in [1.807, 2.05) is 32.0 Å². The molecule has 0 radical (unpaired) electrons. The van der Waals surface area contributed by atoms with Gasteiger partial charge in [0.05, 0.1) is 12.3 Å². The quantitative estimate of drug-likeness (QED) is 0.885. The molecule has 2 rings (SSSR count). The maximum Gasteiger partial charge on any atom is 0.308 e. The van der Waals surface area contributed by atoms with E-state index in [0.717, 1.165) is 29.5 Å². The number of aryl methyl sites for hydroxylation is 2. The van der Waals surface area contributed by atoms with Gasteiger partial charge in [0.25, 0.3) is 0 Å². The number of carboxylic acid groups (broad SMARTS) is 1. The fourth-order valence-electron chi connectivity index (χ4n) is 2.85. The minimum Gasteiger partial charge on any atom is -0.481 e. The first-order valence-electron chi connectivity index (χ1n) is 7.05. The fourth-order valence-corrected chi connectivity index (χ4v) is 2.85. The van der Waals surface area contributed by atoms with Crippen LogP contribution in [0.25, 0.3) is 0 Å². The Balaban J connectivity index is 1.99. The third kappa shape index (κ3) is 3.38. The molecule has 4 heteroatoms. The molecule has 20 heavy (non-hydrogen) atoms. The van der Waals surface area contributed by atoms with Gasteiger partial charge in [-0.2, -0.15) is 0 Å². The summed E-state index contributed by atoms with van der Waals surface area (Å²) in [6.07, 6.45) is 2.60. The molecule has 1 saturated carbocycles. The van der Waals surface area contributed by atoms with Crippen molar-refractivity contribution in [2.24, 2.45) is 5.92 Å². The van der Waals surface area contributed by atoms with Crippen molar-refractivity contribution in [1.82, 2.24) is 5.32 Å². The normalized spacial score (nSPS) is 21.7. The number of nitrogens with one attached hydrogen (secondary N) is 1. The van der Waals surface area contributed by atoms with Gasteiger partial charge in [-0.25, -0.2) is 0 Å². The van der Waals surface area contributed by atoms with Crippen LogP contribution in [0, 0.1) is 19.8 Å². The molecule has 4 nitrogen and oxygen atoms in total. The molecule has 1 aromatic rings. The van der Waals surface area contributed by atoms with Gasteiger partial charge in [-0.3, -0.25) is 9.59 Å². The van der Waals surface area contributed by atoms with Gasteiger partial charge in [0.1, 0.15) is 0 Å². The molecule has 2 N–H and O–H groups in total. The summed E-state index contributed by atoms with van der Waals surface area (Å²) >= 11 is 0. The number of hydrogen-bond acceptors (Lipinski definition) is 2. The first-order valence-corrected chi connectivity index (χ1v) is 7.05. The Morgan fingerprint density at radius 3 is 2.75 bits per heavy atom. The fraction of sp³-hybridized carbons (Fsp3) is 0.500. The molecule has 1 aliphatic carbocycles. The lowest BCUT2D eigenvalue weighted by atomic mass is 10.0. The minimum atomic E-state index is -0.806. The Bertz CT molecular complexity index is 524.